The highest BCUT2D eigenvalue weighted by molar-refractivity contribution is 5.89. The van der Waals surface area contributed by atoms with Crippen LogP contribution in [0.15, 0.2) is 24.3 Å². The van der Waals surface area contributed by atoms with Crippen molar-refractivity contribution in [3.8, 4) is 0 Å². The van der Waals surface area contributed by atoms with Crippen LogP contribution >= 0.6 is 12.4 Å². The lowest BCUT2D eigenvalue weighted by molar-refractivity contribution is -0.136. The lowest BCUT2D eigenvalue weighted by atomic mass is 10.0. The van der Waals surface area contributed by atoms with Crippen LogP contribution in [0, 0.1) is 0 Å². The molecule has 0 aliphatic heterocycles. The van der Waals surface area contributed by atoms with E-state index < -0.39 is 24.6 Å². The van der Waals surface area contributed by atoms with Gasteiger partial charge >= 0.3 is 12.1 Å². The Morgan fingerprint density at radius 2 is 2.05 bits per heavy atom. The summed E-state index contributed by atoms with van der Waals surface area (Å²) in [6.45, 7) is 0. The molecule has 1 rings (SSSR count). The molecular formula is C12H15ClF3NO2. The monoisotopic (exact) mass is 297 g/mol. The number of ether oxygens (including phenoxy) is 1. The van der Waals surface area contributed by atoms with Crippen molar-refractivity contribution in [1.82, 2.24) is 0 Å². The molecule has 19 heavy (non-hydrogen) atoms. The topological polar surface area (TPSA) is 52.3 Å². The minimum Gasteiger partial charge on any atom is -0.465 e. The highest BCUT2D eigenvalue weighted by atomic mass is 35.5. The lowest BCUT2D eigenvalue weighted by Gasteiger charge is -2.14. The van der Waals surface area contributed by atoms with Crippen molar-refractivity contribution in [3.05, 3.63) is 35.4 Å². The van der Waals surface area contributed by atoms with Crippen LogP contribution in [0.25, 0.3) is 0 Å². The summed E-state index contributed by atoms with van der Waals surface area (Å²) in [7, 11) is 1.23. The largest absolute Gasteiger partial charge is 0.465 e. The first-order chi connectivity index (χ1) is 8.33. The zero-order chi connectivity index (χ0) is 13.8. The molecule has 0 bridgehead atoms. The molecule has 0 aliphatic carbocycles. The number of alkyl halides is 3. The molecule has 0 aliphatic rings. The molecule has 0 spiro atoms. The van der Waals surface area contributed by atoms with Crippen molar-refractivity contribution in [2.75, 3.05) is 7.11 Å². The fourth-order valence-electron chi connectivity index (χ4n) is 1.50. The number of benzene rings is 1. The Bertz CT molecular complexity index is 424. The van der Waals surface area contributed by atoms with Crippen molar-refractivity contribution >= 4 is 18.4 Å². The molecule has 3 nitrogen and oxygen atoms in total. The fourth-order valence-corrected chi connectivity index (χ4v) is 1.50. The number of hydrogen-bond donors (Lipinski definition) is 1. The molecule has 2 N–H and O–H groups in total. The SMILES string of the molecule is COC(=O)c1cccc([C@H](N)CCC(F)(F)F)c1.Cl. The summed E-state index contributed by atoms with van der Waals surface area (Å²) in [5, 5.41) is 0. The van der Waals surface area contributed by atoms with Gasteiger partial charge in [-0.1, -0.05) is 12.1 Å². The molecule has 1 aromatic rings. The summed E-state index contributed by atoms with van der Waals surface area (Å²) in [6.07, 6.45) is -5.39. The van der Waals surface area contributed by atoms with Gasteiger partial charge in [0.25, 0.3) is 0 Å². The molecule has 0 amide bonds. The third-order valence-electron chi connectivity index (χ3n) is 2.47. The van der Waals surface area contributed by atoms with Crippen LogP contribution in [0.2, 0.25) is 0 Å². The number of carbonyl (C=O) groups is 1. The summed E-state index contributed by atoms with van der Waals surface area (Å²) in [5.41, 5.74) is 6.42. The highest BCUT2D eigenvalue weighted by Crippen LogP contribution is 2.26. The molecule has 0 aromatic heterocycles. The first-order valence-electron chi connectivity index (χ1n) is 5.34. The Labute approximate surface area is 115 Å². The highest BCUT2D eigenvalue weighted by Gasteiger charge is 2.27. The minimum atomic E-state index is -4.22. The predicted octanol–water partition coefficient (Wildman–Crippen LogP) is 3.24. The van der Waals surface area contributed by atoms with Crippen LogP contribution < -0.4 is 5.73 Å². The van der Waals surface area contributed by atoms with Gasteiger partial charge < -0.3 is 10.5 Å². The molecule has 0 fully saturated rings. The van der Waals surface area contributed by atoms with Gasteiger partial charge in [-0.05, 0) is 24.1 Å². The standard InChI is InChI=1S/C12H14F3NO2.ClH/c1-18-11(17)9-4-2-3-8(7-9)10(16)5-6-12(13,14)15;/h2-4,7,10H,5-6,16H2,1H3;1H/t10-;/m1./s1. The van der Waals surface area contributed by atoms with Gasteiger partial charge in [0.1, 0.15) is 0 Å². The molecule has 1 aromatic carbocycles. The van der Waals surface area contributed by atoms with E-state index in [9.17, 15) is 18.0 Å². The third-order valence-corrected chi connectivity index (χ3v) is 2.47. The van der Waals surface area contributed by atoms with E-state index in [0.717, 1.165) is 0 Å². The van der Waals surface area contributed by atoms with E-state index in [4.69, 9.17) is 5.73 Å². The van der Waals surface area contributed by atoms with Gasteiger partial charge in [-0.2, -0.15) is 13.2 Å². The average molecular weight is 298 g/mol. The number of carbonyl (C=O) groups excluding carboxylic acids is 1. The Balaban J connectivity index is 0.00000324. The average Bonchev–Trinajstić information content (AvgIpc) is 2.34. The van der Waals surface area contributed by atoms with Gasteiger partial charge in [-0.25, -0.2) is 4.79 Å². The van der Waals surface area contributed by atoms with E-state index in [2.05, 4.69) is 4.74 Å². The molecule has 0 radical (unpaired) electrons. The predicted molar refractivity (Wildman–Crippen MR) is 67.2 cm³/mol. The first kappa shape index (κ1) is 17.7. The van der Waals surface area contributed by atoms with Crippen LogP contribution in [-0.2, 0) is 4.74 Å². The number of esters is 1. The quantitative estimate of drug-likeness (QED) is 0.868. The molecule has 108 valence electrons. The van der Waals surface area contributed by atoms with Crippen LogP contribution in [0.1, 0.15) is 34.8 Å². The van der Waals surface area contributed by atoms with Gasteiger partial charge in [0, 0.05) is 12.5 Å². The van der Waals surface area contributed by atoms with E-state index in [1.807, 2.05) is 0 Å². The Hall–Kier alpha value is -1.27. The molecule has 0 saturated carbocycles. The summed E-state index contributed by atoms with van der Waals surface area (Å²) in [5.74, 6) is -0.542. The lowest BCUT2D eigenvalue weighted by Crippen LogP contribution is -2.16. The van der Waals surface area contributed by atoms with Crippen molar-refractivity contribution in [1.29, 1.82) is 0 Å². The van der Waals surface area contributed by atoms with E-state index >= 15 is 0 Å². The van der Waals surface area contributed by atoms with E-state index in [0.29, 0.717) is 5.56 Å². The van der Waals surface area contributed by atoms with E-state index in [1.165, 1.54) is 19.2 Å². The summed E-state index contributed by atoms with van der Waals surface area (Å²) in [6, 6.07) is 5.37. The number of methoxy groups -OCH3 is 1. The van der Waals surface area contributed by atoms with Gasteiger partial charge in [0.05, 0.1) is 12.7 Å². The molecule has 7 heteroatoms. The van der Waals surface area contributed by atoms with E-state index in [1.54, 1.807) is 12.1 Å². The van der Waals surface area contributed by atoms with Crippen molar-refractivity contribution < 1.29 is 22.7 Å². The van der Waals surface area contributed by atoms with Crippen LogP contribution in [-0.4, -0.2) is 19.3 Å². The van der Waals surface area contributed by atoms with Crippen LogP contribution in [0.5, 0.6) is 0 Å². The summed E-state index contributed by atoms with van der Waals surface area (Å²) in [4.78, 5) is 11.3. The summed E-state index contributed by atoms with van der Waals surface area (Å²) >= 11 is 0. The van der Waals surface area contributed by atoms with Crippen molar-refractivity contribution in [2.45, 2.75) is 25.1 Å². The molecule has 0 heterocycles. The zero-order valence-electron chi connectivity index (χ0n) is 10.2. The Kier molecular flexibility index (Phi) is 6.86. The third kappa shape index (κ3) is 5.94. The second-order valence-electron chi connectivity index (χ2n) is 3.88. The Morgan fingerprint density at radius 1 is 1.42 bits per heavy atom. The maximum atomic E-state index is 12.1. The zero-order valence-corrected chi connectivity index (χ0v) is 11.1. The first-order valence-corrected chi connectivity index (χ1v) is 5.34. The summed E-state index contributed by atoms with van der Waals surface area (Å²) < 4.78 is 40.7. The van der Waals surface area contributed by atoms with Crippen molar-refractivity contribution in [2.24, 2.45) is 5.73 Å². The molecular weight excluding hydrogens is 283 g/mol. The van der Waals surface area contributed by atoms with Gasteiger partial charge in [0.2, 0.25) is 0 Å². The molecule has 1 atom stereocenters. The smallest absolute Gasteiger partial charge is 0.389 e. The van der Waals surface area contributed by atoms with Gasteiger partial charge in [-0.3, -0.25) is 0 Å². The van der Waals surface area contributed by atoms with Crippen molar-refractivity contribution in [3.63, 3.8) is 0 Å². The second kappa shape index (κ2) is 7.35. The second-order valence-corrected chi connectivity index (χ2v) is 3.88. The van der Waals surface area contributed by atoms with Crippen LogP contribution in [0.3, 0.4) is 0 Å². The maximum absolute atomic E-state index is 12.1. The maximum Gasteiger partial charge on any atom is 0.389 e. The van der Waals surface area contributed by atoms with Gasteiger partial charge in [0.15, 0.2) is 0 Å². The number of nitrogens with two attached hydrogens (primary N) is 1. The normalized spacial score (nSPS) is 12.5. The van der Waals surface area contributed by atoms with Gasteiger partial charge in [-0.15, -0.1) is 12.4 Å². The van der Waals surface area contributed by atoms with Crippen LogP contribution in [0.4, 0.5) is 13.2 Å². The fraction of sp³-hybridized carbons (Fsp3) is 0.417. The Morgan fingerprint density at radius 3 is 2.58 bits per heavy atom. The molecule has 0 saturated heterocycles. The number of halogens is 4. The number of hydrogen-bond acceptors (Lipinski definition) is 3. The van der Waals surface area contributed by atoms with E-state index in [-0.39, 0.29) is 24.4 Å². The molecule has 0 unspecified atom stereocenters. The minimum absolute atomic E-state index is 0. The number of rotatable bonds is 4.